The molecule has 34 heavy (non-hydrogen) atoms. The fourth-order valence-corrected chi connectivity index (χ4v) is 4.27. The molecule has 0 aliphatic heterocycles. The van der Waals surface area contributed by atoms with E-state index in [9.17, 15) is 8.42 Å². The van der Waals surface area contributed by atoms with Crippen LogP contribution in [0.25, 0.3) is 16.7 Å². The van der Waals surface area contributed by atoms with Crippen LogP contribution in [-0.2, 0) is 9.84 Å². The van der Waals surface area contributed by atoms with Crippen LogP contribution in [0.1, 0.15) is 13.8 Å². The number of benzene rings is 2. The maximum atomic E-state index is 11.7. The molecule has 178 valence electrons. The number of nitrogens with zero attached hydrogens (tertiary/aromatic N) is 4. The average Bonchev–Trinajstić information content (AvgIpc) is 3.26. The lowest BCUT2D eigenvalue weighted by molar-refractivity contribution is 0.223. The third-order valence-corrected chi connectivity index (χ3v) is 6.78. The number of hydrogen-bond acceptors (Lipinski definition) is 7. The molecule has 0 unspecified atom stereocenters. The molecule has 1 N–H and O–H groups in total. The Balaban J connectivity index is 1.47. The van der Waals surface area contributed by atoms with Gasteiger partial charge in [0.25, 0.3) is 0 Å². The van der Waals surface area contributed by atoms with Gasteiger partial charge in [-0.1, -0.05) is 13.8 Å². The molecule has 0 saturated carbocycles. The molecule has 2 heterocycles. The highest BCUT2D eigenvalue weighted by atomic mass is 32.2. The van der Waals surface area contributed by atoms with Crippen LogP contribution in [0.15, 0.2) is 71.9 Å². The molecule has 0 amide bonds. The lowest BCUT2D eigenvalue weighted by Gasteiger charge is -2.18. The molecule has 4 rings (SSSR count). The fraction of sp³-hybridized carbons (Fsp3) is 0.280. The Hall–Kier alpha value is -3.43. The van der Waals surface area contributed by atoms with Crippen LogP contribution in [-0.4, -0.2) is 60.3 Å². The Bertz CT molecular complexity index is 1350. The highest BCUT2D eigenvalue weighted by Crippen LogP contribution is 2.23. The van der Waals surface area contributed by atoms with Crippen molar-refractivity contribution in [2.24, 2.45) is 0 Å². The molecule has 2 aromatic heterocycles. The van der Waals surface area contributed by atoms with Crippen LogP contribution in [0.5, 0.6) is 5.75 Å². The topological polar surface area (TPSA) is 89.4 Å². The number of rotatable bonds is 10. The summed E-state index contributed by atoms with van der Waals surface area (Å²) in [5.41, 5.74) is 2.39. The van der Waals surface area contributed by atoms with Gasteiger partial charge in [-0.25, -0.2) is 13.4 Å². The van der Waals surface area contributed by atoms with Crippen molar-refractivity contribution in [3.8, 4) is 11.4 Å². The summed E-state index contributed by atoms with van der Waals surface area (Å²) < 4.78 is 31.2. The van der Waals surface area contributed by atoms with Crippen LogP contribution in [0, 0.1) is 0 Å². The Kier molecular flexibility index (Phi) is 7.14. The lowest BCUT2D eigenvalue weighted by Crippen LogP contribution is -2.27. The van der Waals surface area contributed by atoms with E-state index in [-0.39, 0.29) is 4.90 Å². The molecule has 0 bridgehead atoms. The van der Waals surface area contributed by atoms with E-state index in [1.165, 1.54) is 6.26 Å². The van der Waals surface area contributed by atoms with E-state index >= 15 is 0 Å². The van der Waals surface area contributed by atoms with E-state index in [4.69, 9.17) is 4.74 Å². The minimum absolute atomic E-state index is 0.283. The predicted molar refractivity (Wildman–Crippen MR) is 135 cm³/mol. The maximum Gasteiger partial charge on any atom is 0.229 e. The highest BCUT2D eigenvalue weighted by Gasteiger charge is 2.10. The molecule has 0 spiro atoms. The van der Waals surface area contributed by atoms with Gasteiger partial charge >= 0.3 is 0 Å². The van der Waals surface area contributed by atoms with Gasteiger partial charge in [0.15, 0.2) is 9.84 Å². The van der Waals surface area contributed by atoms with Crippen molar-refractivity contribution in [3.05, 3.63) is 67.0 Å². The second kappa shape index (κ2) is 10.2. The summed E-state index contributed by atoms with van der Waals surface area (Å²) in [6.07, 6.45) is 4.85. The van der Waals surface area contributed by atoms with E-state index in [0.29, 0.717) is 12.6 Å². The van der Waals surface area contributed by atoms with Crippen molar-refractivity contribution in [1.29, 1.82) is 0 Å². The van der Waals surface area contributed by atoms with Gasteiger partial charge < -0.3 is 19.5 Å². The standard InChI is InChI=1S/C25H29N5O3S/c1-4-29(5-2)16-17-33-22-10-6-20(7-11-22)27-25-26-18-19-14-15-30(24(19)28-25)21-8-12-23(13-9-21)34(3,31)32/h6-15,18H,4-5,16-17H2,1-3H3,(H,26,27,28). The summed E-state index contributed by atoms with van der Waals surface area (Å²) in [7, 11) is -3.24. The minimum atomic E-state index is -3.24. The summed E-state index contributed by atoms with van der Waals surface area (Å²) in [6, 6.07) is 16.4. The molecule has 0 aliphatic carbocycles. The molecule has 0 saturated heterocycles. The first-order chi connectivity index (χ1) is 16.4. The zero-order valence-electron chi connectivity index (χ0n) is 19.6. The number of aromatic nitrogens is 3. The molecular formula is C25H29N5O3S. The molecule has 8 nitrogen and oxygen atoms in total. The van der Waals surface area contributed by atoms with Crippen LogP contribution >= 0.6 is 0 Å². The summed E-state index contributed by atoms with van der Waals surface area (Å²) in [5.74, 6) is 1.29. The van der Waals surface area contributed by atoms with Crippen molar-refractivity contribution in [1.82, 2.24) is 19.4 Å². The number of hydrogen-bond donors (Lipinski definition) is 1. The number of nitrogens with one attached hydrogen (secondary N) is 1. The Labute approximate surface area is 200 Å². The highest BCUT2D eigenvalue weighted by molar-refractivity contribution is 7.90. The summed E-state index contributed by atoms with van der Waals surface area (Å²) in [5, 5.41) is 4.12. The first-order valence-electron chi connectivity index (χ1n) is 11.2. The van der Waals surface area contributed by atoms with Crippen molar-refractivity contribution in [2.75, 3.05) is 37.8 Å². The quantitative estimate of drug-likeness (QED) is 0.363. The number of ether oxygens (including phenoxy) is 1. The smallest absolute Gasteiger partial charge is 0.229 e. The second-order valence-electron chi connectivity index (χ2n) is 7.95. The van der Waals surface area contributed by atoms with Gasteiger partial charge in [-0.2, -0.15) is 4.98 Å². The van der Waals surface area contributed by atoms with Gasteiger partial charge in [0.05, 0.1) is 4.90 Å². The van der Waals surface area contributed by atoms with E-state index in [0.717, 1.165) is 47.8 Å². The number of fused-ring (bicyclic) bond motifs is 1. The first kappa shape index (κ1) is 23.7. The van der Waals surface area contributed by atoms with Crippen molar-refractivity contribution >= 4 is 32.5 Å². The molecular weight excluding hydrogens is 450 g/mol. The SMILES string of the molecule is CCN(CC)CCOc1ccc(Nc2ncc3ccn(-c4ccc(S(C)(=O)=O)cc4)c3n2)cc1. The van der Waals surface area contributed by atoms with Gasteiger partial charge in [0, 0.05) is 42.0 Å². The van der Waals surface area contributed by atoms with E-state index < -0.39 is 9.84 Å². The zero-order valence-corrected chi connectivity index (χ0v) is 20.4. The van der Waals surface area contributed by atoms with Gasteiger partial charge in [-0.3, -0.25) is 0 Å². The Morgan fingerprint density at radius 2 is 1.71 bits per heavy atom. The Morgan fingerprint density at radius 1 is 1.00 bits per heavy atom. The van der Waals surface area contributed by atoms with E-state index in [1.54, 1.807) is 30.5 Å². The van der Waals surface area contributed by atoms with Gasteiger partial charge in [-0.15, -0.1) is 0 Å². The molecule has 0 aliphatic rings. The molecule has 9 heteroatoms. The van der Waals surface area contributed by atoms with Crippen molar-refractivity contribution in [2.45, 2.75) is 18.7 Å². The predicted octanol–water partition coefficient (Wildman–Crippen LogP) is 4.29. The van der Waals surface area contributed by atoms with Crippen LogP contribution in [0.4, 0.5) is 11.6 Å². The van der Waals surface area contributed by atoms with E-state index in [1.807, 2.05) is 41.1 Å². The molecule has 0 fully saturated rings. The van der Waals surface area contributed by atoms with Crippen molar-refractivity contribution in [3.63, 3.8) is 0 Å². The second-order valence-corrected chi connectivity index (χ2v) is 9.96. The van der Waals surface area contributed by atoms with Gasteiger partial charge in [0.2, 0.25) is 5.95 Å². The first-order valence-corrected chi connectivity index (χ1v) is 13.1. The Morgan fingerprint density at radius 3 is 2.35 bits per heavy atom. The third-order valence-electron chi connectivity index (χ3n) is 5.65. The van der Waals surface area contributed by atoms with Crippen molar-refractivity contribution < 1.29 is 13.2 Å². The number of likely N-dealkylation sites (N-methyl/N-ethyl adjacent to an activating group) is 1. The zero-order chi connectivity index (χ0) is 24.1. The largest absolute Gasteiger partial charge is 0.492 e. The van der Waals surface area contributed by atoms with E-state index in [2.05, 4.69) is 34.0 Å². The van der Waals surface area contributed by atoms with Gasteiger partial charge in [0.1, 0.15) is 18.0 Å². The number of anilines is 2. The lowest BCUT2D eigenvalue weighted by atomic mass is 10.3. The number of sulfone groups is 1. The molecule has 4 aromatic rings. The third kappa shape index (κ3) is 5.55. The molecule has 0 atom stereocenters. The van der Waals surface area contributed by atoms with Crippen LogP contribution < -0.4 is 10.1 Å². The average molecular weight is 480 g/mol. The normalized spacial score (nSPS) is 11.8. The summed E-state index contributed by atoms with van der Waals surface area (Å²) in [4.78, 5) is 11.7. The monoisotopic (exact) mass is 479 g/mol. The summed E-state index contributed by atoms with van der Waals surface area (Å²) in [6.45, 7) is 7.88. The molecule has 0 radical (unpaired) electrons. The summed E-state index contributed by atoms with van der Waals surface area (Å²) >= 11 is 0. The molecule has 2 aromatic carbocycles. The van der Waals surface area contributed by atoms with Crippen LogP contribution in [0.2, 0.25) is 0 Å². The fourth-order valence-electron chi connectivity index (χ4n) is 3.64. The minimum Gasteiger partial charge on any atom is -0.492 e. The maximum absolute atomic E-state index is 11.7. The van der Waals surface area contributed by atoms with Gasteiger partial charge in [-0.05, 0) is 67.7 Å². The van der Waals surface area contributed by atoms with Crippen LogP contribution in [0.3, 0.4) is 0 Å².